The van der Waals surface area contributed by atoms with E-state index < -0.39 is 24.9 Å². The molecule has 0 fully saturated rings. The lowest BCUT2D eigenvalue weighted by atomic mass is 10.1. The van der Waals surface area contributed by atoms with Gasteiger partial charge in [0.25, 0.3) is 6.43 Å². The number of hydrogen-bond acceptors (Lipinski definition) is 3. The van der Waals surface area contributed by atoms with Crippen LogP contribution in [-0.4, -0.2) is 47.8 Å². The maximum Gasteiger partial charge on any atom is 0.251 e. The van der Waals surface area contributed by atoms with Crippen LogP contribution in [0.4, 0.5) is 13.2 Å². The van der Waals surface area contributed by atoms with Crippen molar-refractivity contribution in [2.24, 2.45) is 0 Å². The molecule has 1 atom stereocenters. The van der Waals surface area contributed by atoms with Crippen LogP contribution in [0, 0.1) is 5.82 Å². The van der Waals surface area contributed by atoms with Gasteiger partial charge in [-0.2, -0.15) is 0 Å². The molecule has 0 heterocycles. The van der Waals surface area contributed by atoms with E-state index in [9.17, 15) is 18.3 Å². The Kier molecular flexibility index (Phi) is 6.83. The number of rotatable bonds is 8. The van der Waals surface area contributed by atoms with E-state index in [4.69, 9.17) is 5.11 Å². The number of hydrogen-bond donors (Lipinski definition) is 2. The molecule has 0 aliphatic heterocycles. The van der Waals surface area contributed by atoms with Gasteiger partial charge in [-0.1, -0.05) is 18.2 Å². The lowest BCUT2D eigenvalue weighted by Gasteiger charge is -2.22. The summed E-state index contributed by atoms with van der Waals surface area (Å²) >= 11 is 0. The summed E-state index contributed by atoms with van der Waals surface area (Å²) < 4.78 is 37.9. The first kappa shape index (κ1) is 15.9. The average Bonchev–Trinajstić information content (AvgIpc) is 2.36. The molecule has 0 aromatic heterocycles. The SMILES string of the molecule is OCCN(CCC(O)c1ccccc1F)CC(F)F. The van der Waals surface area contributed by atoms with Gasteiger partial charge in [-0.3, -0.25) is 4.90 Å². The Bertz CT molecular complexity index is 377. The fraction of sp³-hybridized carbons (Fsp3) is 0.538. The van der Waals surface area contributed by atoms with Gasteiger partial charge in [-0.15, -0.1) is 0 Å². The summed E-state index contributed by atoms with van der Waals surface area (Å²) in [6, 6.07) is 5.82. The van der Waals surface area contributed by atoms with Crippen LogP contribution in [0.15, 0.2) is 24.3 Å². The second kappa shape index (κ2) is 8.14. The molecule has 0 bridgehead atoms. The third kappa shape index (κ3) is 5.59. The van der Waals surface area contributed by atoms with Crippen molar-refractivity contribution in [3.05, 3.63) is 35.6 Å². The van der Waals surface area contributed by atoms with Crippen LogP contribution in [0.25, 0.3) is 0 Å². The third-order valence-electron chi connectivity index (χ3n) is 2.80. The van der Waals surface area contributed by atoms with Crippen molar-refractivity contribution < 1.29 is 23.4 Å². The molecule has 0 amide bonds. The minimum Gasteiger partial charge on any atom is -0.395 e. The van der Waals surface area contributed by atoms with E-state index in [0.717, 1.165) is 0 Å². The van der Waals surface area contributed by atoms with Gasteiger partial charge in [0.05, 0.1) is 19.3 Å². The monoisotopic (exact) mass is 277 g/mol. The van der Waals surface area contributed by atoms with Gasteiger partial charge in [0, 0.05) is 18.7 Å². The molecule has 0 spiro atoms. The first-order valence-corrected chi connectivity index (χ1v) is 6.08. The highest BCUT2D eigenvalue weighted by atomic mass is 19.3. The van der Waals surface area contributed by atoms with Crippen molar-refractivity contribution in [1.82, 2.24) is 4.90 Å². The zero-order chi connectivity index (χ0) is 14.3. The van der Waals surface area contributed by atoms with E-state index in [1.807, 2.05) is 0 Å². The van der Waals surface area contributed by atoms with Gasteiger partial charge < -0.3 is 10.2 Å². The Morgan fingerprint density at radius 2 is 1.84 bits per heavy atom. The molecule has 19 heavy (non-hydrogen) atoms. The molecule has 108 valence electrons. The molecule has 6 heteroatoms. The molecule has 0 saturated carbocycles. The predicted octanol–water partition coefficient (Wildman–Crippen LogP) is 1.81. The fourth-order valence-electron chi connectivity index (χ4n) is 1.84. The number of halogens is 3. The molecular formula is C13H18F3NO2. The Hall–Kier alpha value is -1.11. The van der Waals surface area contributed by atoms with Crippen molar-refractivity contribution in [2.45, 2.75) is 19.0 Å². The minimum atomic E-state index is -2.50. The van der Waals surface area contributed by atoms with Crippen LogP contribution < -0.4 is 0 Å². The molecular weight excluding hydrogens is 259 g/mol. The van der Waals surface area contributed by atoms with Gasteiger partial charge in [-0.05, 0) is 12.5 Å². The molecule has 0 aliphatic rings. The average molecular weight is 277 g/mol. The van der Waals surface area contributed by atoms with Crippen molar-refractivity contribution in [3.8, 4) is 0 Å². The lowest BCUT2D eigenvalue weighted by molar-refractivity contribution is 0.0655. The Labute approximate surface area is 110 Å². The van der Waals surface area contributed by atoms with E-state index in [2.05, 4.69) is 0 Å². The predicted molar refractivity (Wildman–Crippen MR) is 65.5 cm³/mol. The van der Waals surface area contributed by atoms with Crippen LogP contribution >= 0.6 is 0 Å². The molecule has 3 nitrogen and oxygen atoms in total. The number of aliphatic hydroxyl groups excluding tert-OH is 2. The van der Waals surface area contributed by atoms with Crippen LogP contribution in [0.1, 0.15) is 18.1 Å². The summed E-state index contributed by atoms with van der Waals surface area (Å²) in [6.45, 7) is -0.429. The highest BCUT2D eigenvalue weighted by Gasteiger charge is 2.16. The summed E-state index contributed by atoms with van der Waals surface area (Å²) in [5.41, 5.74) is 0.156. The second-order valence-electron chi connectivity index (χ2n) is 4.24. The Morgan fingerprint density at radius 3 is 2.42 bits per heavy atom. The van der Waals surface area contributed by atoms with Gasteiger partial charge >= 0.3 is 0 Å². The van der Waals surface area contributed by atoms with E-state index in [-0.39, 0.29) is 31.7 Å². The first-order chi connectivity index (χ1) is 9.04. The third-order valence-corrected chi connectivity index (χ3v) is 2.80. The zero-order valence-electron chi connectivity index (χ0n) is 10.5. The Morgan fingerprint density at radius 1 is 1.16 bits per heavy atom. The maximum atomic E-state index is 13.4. The quantitative estimate of drug-likeness (QED) is 0.761. The molecule has 0 saturated heterocycles. The summed E-state index contributed by atoms with van der Waals surface area (Å²) in [5.74, 6) is -0.516. The largest absolute Gasteiger partial charge is 0.395 e. The van der Waals surface area contributed by atoms with Crippen LogP contribution in [0.3, 0.4) is 0 Å². The normalized spacial score (nSPS) is 13.2. The lowest BCUT2D eigenvalue weighted by Crippen LogP contribution is -2.33. The summed E-state index contributed by atoms with van der Waals surface area (Å²) in [6.07, 6.45) is -3.41. The summed E-state index contributed by atoms with van der Waals surface area (Å²) in [5, 5.41) is 18.6. The van der Waals surface area contributed by atoms with E-state index in [1.54, 1.807) is 6.07 Å². The smallest absolute Gasteiger partial charge is 0.251 e. The van der Waals surface area contributed by atoms with Crippen molar-refractivity contribution >= 4 is 0 Å². The van der Waals surface area contributed by atoms with Crippen LogP contribution in [0.2, 0.25) is 0 Å². The standard InChI is InChI=1S/C13H18F3NO2/c14-11-4-2-1-3-10(11)12(19)5-6-17(7-8-18)9-13(15)16/h1-4,12-13,18-19H,5-9H2. The number of nitrogens with zero attached hydrogens (tertiary/aromatic N) is 1. The van der Waals surface area contributed by atoms with Gasteiger partial charge in [0.1, 0.15) is 5.82 Å². The fourth-order valence-corrected chi connectivity index (χ4v) is 1.84. The molecule has 1 unspecified atom stereocenters. The van der Waals surface area contributed by atoms with E-state index >= 15 is 0 Å². The zero-order valence-corrected chi connectivity index (χ0v) is 10.5. The molecule has 0 radical (unpaired) electrons. The second-order valence-corrected chi connectivity index (χ2v) is 4.24. The summed E-state index contributed by atoms with van der Waals surface area (Å²) in [4.78, 5) is 1.34. The maximum absolute atomic E-state index is 13.4. The number of alkyl halides is 2. The van der Waals surface area contributed by atoms with Crippen LogP contribution in [-0.2, 0) is 0 Å². The molecule has 1 rings (SSSR count). The van der Waals surface area contributed by atoms with Gasteiger partial charge in [-0.25, -0.2) is 13.2 Å². The van der Waals surface area contributed by atoms with Crippen molar-refractivity contribution in [2.75, 3.05) is 26.2 Å². The highest BCUT2D eigenvalue weighted by Crippen LogP contribution is 2.20. The minimum absolute atomic E-state index is 0.105. The topological polar surface area (TPSA) is 43.7 Å². The van der Waals surface area contributed by atoms with E-state index in [0.29, 0.717) is 0 Å². The molecule has 1 aromatic carbocycles. The van der Waals surface area contributed by atoms with Crippen LogP contribution in [0.5, 0.6) is 0 Å². The van der Waals surface area contributed by atoms with Crippen molar-refractivity contribution in [1.29, 1.82) is 0 Å². The first-order valence-electron chi connectivity index (χ1n) is 6.08. The number of aliphatic hydroxyl groups is 2. The molecule has 1 aromatic rings. The van der Waals surface area contributed by atoms with Crippen molar-refractivity contribution in [3.63, 3.8) is 0 Å². The van der Waals surface area contributed by atoms with E-state index in [1.165, 1.54) is 23.1 Å². The van der Waals surface area contributed by atoms with Gasteiger partial charge in [0.15, 0.2) is 0 Å². The summed E-state index contributed by atoms with van der Waals surface area (Å²) in [7, 11) is 0. The number of benzene rings is 1. The highest BCUT2D eigenvalue weighted by molar-refractivity contribution is 5.19. The molecule has 0 aliphatic carbocycles. The molecule has 2 N–H and O–H groups in total. The van der Waals surface area contributed by atoms with Gasteiger partial charge in [0.2, 0.25) is 0 Å². The Balaban J connectivity index is 2.51.